The second-order valence-corrected chi connectivity index (χ2v) is 6.44. The van der Waals surface area contributed by atoms with Gasteiger partial charge in [0.05, 0.1) is 17.8 Å². The summed E-state index contributed by atoms with van der Waals surface area (Å²) in [5.74, 6) is -0.565. The molecule has 26 heavy (non-hydrogen) atoms. The lowest BCUT2D eigenvalue weighted by Gasteiger charge is -2.23. The van der Waals surface area contributed by atoms with Gasteiger partial charge in [-0.15, -0.1) is 0 Å². The van der Waals surface area contributed by atoms with Gasteiger partial charge in [0.25, 0.3) is 5.91 Å². The second kappa shape index (κ2) is 6.37. The maximum atomic E-state index is 12.5. The van der Waals surface area contributed by atoms with Crippen molar-refractivity contribution in [2.24, 2.45) is 0 Å². The Labute approximate surface area is 147 Å². The molecule has 4 rings (SSSR count). The van der Waals surface area contributed by atoms with Gasteiger partial charge in [-0.2, -0.15) is 13.2 Å². The molecule has 1 aromatic heterocycles. The lowest BCUT2D eigenvalue weighted by Crippen LogP contribution is -2.33. The topological polar surface area (TPSA) is 63.2 Å². The molecule has 2 N–H and O–H groups in total. The van der Waals surface area contributed by atoms with Gasteiger partial charge in [-0.25, -0.2) is 0 Å². The van der Waals surface area contributed by atoms with Crippen molar-refractivity contribution in [2.45, 2.75) is 30.8 Å². The number of halogens is 3. The van der Waals surface area contributed by atoms with Crippen LogP contribution in [0.5, 0.6) is 0 Å². The molecule has 5 nitrogen and oxygen atoms in total. The summed E-state index contributed by atoms with van der Waals surface area (Å²) < 4.78 is 43.5. The van der Waals surface area contributed by atoms with Gasteiger partial charge in [-0.05, 0) is 36.2 Å². The minimum absolute atomic E-state index is 0.00933. The van der Waals surface area contributed by atoms with Gasteiger partial charge in [-0.1, -0.05) is 12.1 Å². The minimum atomic E-state index is -4.48. The number of anilines is 1. The molecule has 0 saturated carbocycles. The van der Waals surface area contributed by atoms with Crippen LogP contribution >= 0.6 is 0 Å². The third-order valence-electron chi connectivity index (χ3n) is 4.65. The highest BCUT2D eigenvalue weighted by Crippen LogP contribution is 2.37. The summed E-state index contributed by atoms with van der Waals surface area (Å²) in [6, 6.07) is 9.45. The molecule has 2 aliphatic heterocycles. The van der Waals surface area contributed by atoms with Crippen molar-refractivity contribution in [2.75, 3.05) is 11.9 Å². The number of aromatic nitrogens is 1. The van der Waals surface area contributed by atoms with Gasteiger partial charge in [0.2, 0.25) is 0 Å². The van der Waals surface area contributed by atoms with E-state index in [0.717, 1.165) is 30.7 Å². The number of ether oxygens (including phenoxy) is 1. The number of hydrogen-bond acceptors (Lipinski definition) is 4. The van der Waals surface area contributed by atoms with Crippen molar-refractivity contribution in [3.63, 3.8) is 0 Å². The Morgan fingerprint density at radius 3 is 2.50 bits per heavy atom. The number of benzene rings is 1. The summed E-state index contributed by atoms with van der Waals surface area (Å²) in [5, 5.41) is 6.03. The molecular weight excluding hydrogens is 347 g/mol. The molecule has 3 atom stereocenters. The smallest absolute Gasteiger partial charge is 0.367 e. The first-order valence-electron chi connectivity index (χ1n) is 8.23. The van der Waals surface area contributed by atoms with Gasteiger partial charge in [-0.3, -0.25) is 9.78 Å². The number of hydrogen-bond donors (Lipinski definition) is 2. The summed E-state index contributed by atoms with van der Waals surface area (Å²) in [6.07, 6.45) is -2.56. The number of amides is 1. The van der Waals surface area contributed by atoms with Crippen molar-refractivity contribution < 1.29 is 22.7 Å². The number of carbonyl (C=O) groups is 1. The third-order valence-corrected chi connectivity index (χ3v) is 4.65. The van der Waals surface area contributed by atoms with E-state index in [4.69, 9.17) is 4.74 Å². The molecule has 0 unspecified atom stereocenters. The average molecular weight is 363 g/mol. The van der Waals surface area contributed by atoms with E-state index in [9.17, 15) is 18.0 Å². The van der Waals surface area contributed by atoms with E-state index < -0.39 is 17.6 Å². The monoisotopic (exact) mass is 363 g/mol. The first-order chi connectivity index (χ1) is 12.4. The van der Waals surface area contributed by atoms with Crippen molar-refractivity contribution in [1.82, 2.24) is 10.3 Å². The van der Waals surface area contributed by atoms with Crippen LogP contribution in [0, 0.1) is 0 Å². The van der Waals surface area contributed by atoms with E-state index in [-0.39, 0.29) is 17.9 Å². The van der Waals surface area contributed by atoms with E-state index in [1.807, 2.05) is 12.1 Å². The Morgan fingerprint density at radius 1 is 1.19 bits per heavy atom. The van der Waals surface area contributed by atoms with Crippen LogP contribution in [0.2, 0.25) is 0 Å². The number of carbonyl (C=O) groups excluding carboxylic acids is 1. The number of morpholine rings is 1. The highest BCUT2D eigenvalue weighted by Gasteiger charge is 2.41. The zero-order valence-electron chi connectivity index (χ0n) is 13.6. The Kier molecular flexibility index (Phi) is 4.16. The van der Waals surface area contributed by atoms with E-state index in [2.05, 4.69) is 15.6 Å². The highest BCUT2D eigenvalue weighted by atomic mass is 19.4. The molecule has 0 spiro atoms. The van der Waals surface area contributed by atoms with Crippen LogP contribution in [0.4, 0.5) is 18.9 Å². The van der Waals surface area contributed by atoms with E-state index >= 15 is 0 Å². The third kappa shape index (κ3) is 3.30. The van der Waals surface area contributed by atoms with Crippen LogP contribution in [-0.4, -0.2) is 29.6 Å². The van der Waals surface area contributed by atoms with E-state index in [0.29, 0.717) is 17.9 Å². The summed E-state index contributed by atoms with van der Waals surface area (Å²) in [5.41, 5.74) is 0.590. The Bertz CT molecular complexity index is 806. The van der Waals surface area contributed by atoms with Crippen LogP contribution in [0.25, 0.3) is 0 Å². The number of nitrogens with one attached hydrogen (secondary N) is 2. The molecule has 0 radical (unpaired) electrons. The fraction of sp³-hybridized carbons (Fsp3) is 0.333. The molecular formula is C18H16F3N3O2. The molecule has 2 saturated heterocycles. The molecule has 136 valence electrons. The lowest BCUT2D eigenvalue weighted by molar-refractivity contribution is -0.137. The minimum Gasteiger partial charge on any atom is -0.367 e. The first kappa shape index (κ1) is 17.0. The first-order valence-corrected chi connectivity index (χ1v) is 8.23. The number of nitrogens with zero attached hydrogens (tertiary/aromatic N) is 1. The number of alkyl halides is 3. The normalized spacial score (nSPS) is 24.7. The fourth-order valence-corrected chi connectivity index (χ4v) is 3.33. The number of fused-ring (bicyclic) bond motifs is 2. The quantitative estimate of drug-likeness (QED) is 0.879. The fourth-order valence-electron chi connectivity index (χ4n) is 3.33. The Balaban J connectivity index is 1.41. The SMILES string of the molecule is O=C(Nc1ccc([C@@H]2O[C@H]3CN[C@@H]2C3)cc1)c1ccc(C(F)(F)F)cn1. The van der Waals surface area contributed by atoms with Gasteiger partial charge in [0.1, 0.15) is 5.69 Å². The molecule has 2 aliphatic rings. The standard InChI is InChI=1S/C18H16F3N3O2/c19-18(20,21)11-3-6-14(22-8-11)17(25)24-12-4-1-10(2-5-12)16-15-7-13(26-16)9-23-15/h1-6,8,13,15-16,23H,7,9H2,(H,24,25)/t13-,15-,16+/m1/s1. The van der Waals surface area contributed by atoms with Gasteiger partial charge in [0, 0.05) is 24.5 Å². The summed E-state index contributed by atoms with van der Waals surface area (Å²) in [6.45, 7) is 0.884. The van der Waals surface area contributed by atoms with E-state index in [1.165, 1.54) is 0 Å². The van der Waals surface area contributed by atoms with Gasteiger partial charge >= 0.3 is 6.18 Å². The predicted octanol–water partition coefficient (Wildman–Crippen LogP) is 3.15. The van der Waals surface area contributed by atoms with Crippen LogP contribution in [0.15, 0.2) is 42.6 Å². The molecule has 2 fully saturated rings. The number of rotatable bonds is 3. The molecule has 1 aromatic carbocycles. The van der Waals surface area contributed by atoms with Crippen molar-refractivity contribution in [3.8, 4) is 0 Å². The molecule has 2 aromatic rings. The molecule has 0 aliphatic carbocycles. The average Bonchev–Trinajstić information content (AvgIpc) is 3.25. The number of pyridine rings is 1. The maximum absolute atomic E-state index is 12.5. The van der Waals surface area contributed by atoms with Crippen molar-refractivity contribution in [1.29, 1.82) is 0 Å². The van der Waals surface area contributed by atoms with Crippen LogP contribution in [-0.2, 0) is 10.9 Å². The largest absolute Gasteiger partial charge is 0.417 e. The van der Waals surface area contributed by atoms with Crippen LogP contribution in [0.3, 0.4) is 0 Å². The van der Waals surface area contributed by atoms with Crippen LogP contribution < -0.4 is 10.6 Å². The summed E-state index contributed by atoms with van der Waals surface area (Å²) in [4.78, 5) is 15.7. The van der Waals surface area contributed by atoms with E-state index in [1.54, 1.807) is 12.1 Å². The predicted molar refractivity (Wildman–Crippen MR) is 87.7 cm³/mol. The molecule has 2 bridgehead atoms. The molecule has 3 heterocycles. The molecule has 8 heteroatoms. The van der Waals surface area contributed by atoms with Crippen LogP contribution in [0.1, 0.15) is 34.1 Å². The highest BCUT2D eigenvalue weighted by molar-refractivity contribution is 6.02. The van der Waals surface area contributed by atoms with Gasteiger partial charge < -0.3 is 15.4 Å². The maximum Gasteiger partial charge on any atom is 0.417 e. The van der Waals surface area contributed by atoms with Crippen molar-refractivity contribution in [3.05, 3.63) is 59.4 Å². The molecule has 1 amide bonds. The zero-order valence-corrected chi connectivity index (χ0v) is 13.6. The second-order valence-electron chi connectivity index (χ2n) is 6.44. The van der Waals surface area contributed by atoms with Gasteiger partial charge in [0.15, 0.2) is 0 Å². The summed E-state index contributed by atoms with van der Waals surface area (Å²) in [7, 11) is 0. The lowest BCUT2D eigenvalue weighted by atomic mass is 10.0. The zero-order chi connectivity index (χ0) is 18.3. The Morgan fingerprint density at radius 2 is 1.96 bits per heavy atom. The Hall–Kier alpha value is -2.45. The van der Waals surface area contributed by atoms with Crippen molar-refractivity contribution >= 4 is 11.6 Å². The summed E-state index contributed by atoms with van der Waals surface area (Å²) >= 11 is 0.